The Labute approximate surface area is 189 Å². The summed E-state index contributed by atoms with van der Waals surface area (Å²) in [6.07, 6.45) is 7.46. The Balaban J connectivity index is 1.23. The van der Waals surface area contributed by atoms with Crippen molar-refractivity contribution < 1.29 is 19.3 Å². The zero-order chi connectivity index (χ0) is 22.5. The molecule has 0 saturated heterocycles. The number of benzene rings is 1. The number of carbonyl (C=O) groups excluding carboxylic acids is 2. The standard InChI is InChI=1S/C25H31BN2O4/c1-17(29)24-7-4-5-19-14-20(26(31)32-25(19)24)15-23(30)13-18-8-10-21(11-9-18)28-16-22-6-2-3-12-27-22/h2-7,12,18,20-21,28,31H,8-11,13-16H2,1H3/t18?,20-,21?/m1/s1. The van der Waals surface area contributed by atoms with Gasteiger partial charge in [0.25, 0.3) is 0 Å². The quantitative estimate of drug-likeness (QED) is 0.486. The number of para-hydroxylation sites is 1. The first-order valence-corrected chi connectivity index (χ1v) is 11.6. The number of nitrogens with zero attached hydrogens (tertiary/aromatic N) is 1. The van der Waals surface area contributed by atoms with Gasteiger partial charge in [-0.3, -0.25) is 14.6 Å². The lowest BCUT2D eigenvalue weighted by Crippen LogP contribution is -2.36. The van der Waals surface area contributed by atoms with Gasteiger partial charge < -0.3 is 15.0 Å². The Bertz CT molecular complexity index is 944. The van der Waals surface area contributed by atoms with Gasteiger partial charge in [0.15, 0.2) is 5.78 Å². The van der Waals surface area contributed by atoms with Crippen molar-refractivity contribution in [3.63, 3.8) is 0 Å². The van der Waals surface area contributed by atoms with Crippen molar-refractivity contribution in [2.75, 3.05) is 0 Å². The maximum absolute atomic E-state index is 12.8. The van der Waals surface area contributed by atoms with Gasteiger partial charge in [0.2, 0.25) is 0 Å². The van der Waals surface area contributed by atoms with Gasteiger partial charge in [-0.05, 0) is 68.7 Å². The second kappa shape index (κ2) is 10.4. The zero-order valence-electron chi connectivity index (χ0n) is 18.6. The minimum atomic E-state index is -1.06. The van der Waals surface area contributed by atoms with Crippen LogP contribution in [0.5, 0.6) is 5.75 Å². The molecular weight excluding hydrogens is 403 g/mol. The molecule has 32 heavy (non-hydrogen) atoms. The molecule has 1 aliphatic carbocycles. The molecule has 6 nitrogen and oxygen atoms in total. The summed E-state index contributed by atoms with van der Waals surface area (Å²) in [6, 6.07) is 11.9. The number of rotatable bonds is 8. The lowest BCUT2D eigenvalue weighted by molar-refractivity contribution is -0.120. The fourth-order valence-electron chi connectivity index (χ4n) is 4.96. The number of pyridine rings is 1. The largest absolute Gasteiger partial charge is 0.535 e. The van der Waals surface area contributed by atoms with Gasteiger partial charge in [0, 0.05) is 37.4 Å². The van der Waals surface area contributed by atoms with E-state index in [1.165, 1.54) is 6.92 Å². The van der Waals surface area contributed by atoms with E-state index in [9.17, 15) is 14.6 Å². The molecule has 2 aromatic rings. The van der Waals surface area contributed by atoms with Crippen molar-refractivity contribution >= 4 is 18.7 Å². The number of fused-ring (bicyclic) bond motifs is 1. The van der Waals surface area contributed by atoms with E-state index < -0.39 is 7.12 Å². The van der Waals surface area contributed by atoms with Gasteiger partial charge in [-0.15, -0.1) is 0 Å². The van der Waals surface area contributed by atoms with Gasteiger partial charge in [-0.2, -0.15) is 0 Å². The van der Waals surface area contributed by atoms with Crippen LogP contribution in [0.25, 0.3) is 0 Å². The van der Waals surface area contributed by atoms with Crippen molar-refractivity contribution in [2.45, 2.75) is 70.3 Å². The highest BCUT2D eigenvalue weighted by Crippen LogP contribution is 2.37. The molecule has 2 N–H and O–H groups in total. The van der Waals surface area contributed by atoms with Gasteiger partial charge in [-0.25, -0.2) is 0 Å². The highest BCUT2D eigenvalue weighted by molar-refractivity contribution is 6.47. The third-order valence-electron chi connectivity index (χ3n) is 6.75. The minimum Gasteiger partial charge on any atom is -0.535 e. The summed E-state index contributed by atoms with van der Waals surface area (Å²) < 4.78 is 5.67. The number of nitrogens with one attached hydrogen (secondary N) is 1. The predicted molar refractivity (Wildman–Crippen MR) is 124 cm³/mol. The zero-order valence-corrected chi connectivity index (χ0v) is 18.6. The molecule has 0 radical (unpaired) electrons. The normalized spacial score (nSPS) is 22.7. The van der Waals surface area contributed by atoms with Crippen LogP contribution in [0.4, 0.5) is 0 Å². The van der Waals surface area contributed by atoms with E-state index in [0.717, 1.165) is 43.5 Å². The summed E-state index contributed by atoms with van der Waals surface area (Å²) in [5, 5.41) is 14.0. The van der Waals surface area contributed by atoms with Crippen molar-refractivity contribution in [3.05, 3.63) is 59.4 Å². The number of aromatic nitrogens is 1. The Hall–Kier alpha value is -2.51. The first kappa shape index (κ1) is 22.7. The van der Waals surface area contributed by atoms with Crippen LogP contribution in [0, 0.1) is 5.92 Å². The van der Waals surface area contributed by atoms with Crippen molar-refractivity contribution in [2.24, 2.45) is 5.92 Å². The van der Waals surface area contributed by atoms with Crippen LogP contribution >= 0.6 is 0 Å². The summed E-state index contributed by atoms with van der Waals surface area (Å²) in [7, 11) is -1.06. The van der Waals surface area contributed by atoms with Crippen molar-refractivity contribution in [1.82, 2.24) is 10.3 Å². The second-order valence-corrected chi connectivity index (χ2v) is 9.19. The lowest BCUT2D eigenvalue weighted by Gasteiger charge is -2.30. The van der Waals surface area contributed by atoms with E-state index in [0.29, 0.717) is 42.5 Å². The molecule has 2 aliphatic rings. The molecule has 1 fully saturated rings. The number of carbonyl (C=O) groups is 2. The Morgan fingerprint density at radius 1 is 1.12 bits per heavy atom. The number of ketones is 2. The molecular formula is C25H31BN2O4. The summed E-state index contributed by atoms with van der Waals surface area (Å²) in [5.41, 5.74) is 2.43. The predicted octanol–water partition coefficient (Wildman–Crippen LogP) is 3.77. The van der Waals surface area contributed by atoms with Gasteiger partial charge >= 0.3 is 7.12 Å². The molecule has 4 rings (SSSR count). The summed E-state index contributed by atoms with van der Waals surface area (Å²) >= 11 is 0. The average molecular weight is 434 g/mol. The molecule has 168 valence electrons. The van der Waals surface area contributed by atoms with E-state index in [1.54, 1.807) is 6.07 Å². The number of hydrogen-bond acceptors (Lipinski definition) is 6. The minimum absolute atomic E-state index is 0.0892. The smallest absolute Gasteiger partial charge is 0.526 e. The molecule has 1 aromatic heterocycles. The molecule has 0 amide bonds. The SMILES string of the molecule is CC(=O)c1cccc2c1OB(O)[C@@H](CC(=O)CC1CCC(NCc3ccccn3)CC1)C2. The van der Waals surface area contributed by atoms with Crippen LogP contribution in [-0.4, -0.2) is 34.7 Å². The topological polar surface area (TPSA) is 88.5 Å². The van der Waals surface area contributed by atoms with Gasteiger partial charge in [-0.1, -0.05) is 18.2 Å². The fraction of sp³-hybridized carbons (Fsp3) is 0.480. The molecule has 7 heteroatoms. The Morgan fingerprint density at radius 3 is 2.66 bits per heavy atom. The van der Waals surface area contributed by atoms with Crippen LogP contribution in [-0.2, 0) is 17.8 Å². The fourth-order valence-corrected chi connectivity index (χ4v) is 4.96. The summed E-state index contributed by atoms with van der Waals surface area (Å²) in [6.45, 7) is 2.27. The van der Waals surface area contributed by atoms with E-state index in [2.05, 4.69) is 10.3 Å². The van der Waals surface area contributed by atoms with Crippen molar-refractivity contribution in [3.8, 4) is 5.75 Å². The number of Topliss-reactive ketones (excluding diaryl/α,β-unsaturated/α-hetero) is 2. The molecule has 0 spiro atoms. The van der Waals surface area contributed by atoms with Crippen LogP contribution < -0.4 is 9.97 Å². The van der Waals surface area contributed by atoms with Gasteiger partial charge in [0.1, 0.15) is 11.5 Å². The number of hydrogen-bond donors (Lipinski definition) is 2. The Morgan fingerprint density at radius 2 is 1.94 bits per heavy atom. The highest BCUT2D eigenvalue weighted by atomic mass is 16.5. The average Bonchev–Trinajstić information content (AvgIpc) is 2.79. The van der Waals surface area contributed by atoms with Gasteiger partial charge in [0.05, 0.1) is 11.3 Å². The molecule has 1 saturated carbocycles. The first-order valence-electron chi connectivity index (χ1n) is 11.6. The van der Waals surface area contributed by atoms with E-state index >= 15 is 0 Å². The van der Waals surface area contributed by atoms with Crippen molar-refractivity contribution in [1.29, 1.82) is 0 Å². The second-order valence-electron chi connectivity index (χ2n) is 9.19. The molecule has 0 bridgehead atoms. The van der Waals surface area contributed by atoms with E-state index in [4.69, 9.17) is 4.65 Å². The maximum Gasteiger partial charge on any atom is 0.526 e. The highest BCUT2D eigenvalue weighted by Gasteiger charge is 2.37. The maximum atomic E-state index is 12.8. The first-order chi connectivity index (χ1) is 15.5. The molecule has 1 atom stereocenters. The summed E-state index contributed by atoms with van der Waals surface area (Å²) in [5.74, 6) is 0.706. The third-order valence-corrected chi connectivity index (χ3v) is 6.75. The molecule has 1 aliphatic heterocycles. The third kappa shape index (κ3) is 5.64. The Kier molecular flexibility index (Phi) is 7.38. The molecule has 1 aromatic carbocycles. The van der Waals surface area contributed by atoms with Crippen LogP contribution in [0.3, 0.4) is 0 Å². The van der Waals surface area contributed by atoms with E-state index in [-0.39, 0.29) is 17.4 Å². The molecule has 0 unspecified atom stereocenters. The van der Waals surface area contributed by atoms with Crippen LogP contribution in [0.2, 0.25) is 5.82 Å². The van der Waals surface area contributed by atoms with Crippen LogP contribution in [0.1, 0.15) is 67.1 Å². The monoisotopic (exact) mass is 434 g/mol. The van der Waals surface area contributed by atoms with E-state index in [1.807, 2.05) is 36.5 Å². The summed E-state index contributed by atoms with van der Waals surface area (Å²) in [4.78, 5) is 28.9. The van der Waals surface area contributed by atoms with Crippen LogP contribution in [0.15, 0.2) is 42.6 Å². The lowest BCUT2D eigenvalue weighted by atomic mass is 9.64. The molecule has 2 heterocycles.